The van der Waals surface area contributed by atoms with Crippen LogP contribution in [0.5, 0.6) is 0 Å². The van der Waals surface area contributed by atoms with Crippen molar-refractivity contribution in [3.8, 4) is 0 Å². The van der Waals surface area contributed by atoms with Gasteiger partial charge in [0.15, 0.2) is 0 Å². The van der Waals surface area contributed by atoms with E-state index in [0.717, 1.165) is 12.8 Å². The lowest BCUT2D eigenvalue weighted by atomic mass is 10.1. The highest BCUT2D eigenvalue weighted by atomic mass is 14.8. The first kappa shape index (κ1) is 10.9. The normalized spacial score (nSPS) is 10.4. The van der Waals surface area contributed by atoms with Crippen molar-refractivity contribution in [2.75, 3.05) is 0 Å². The minimum Gasteiger partial charge on any atom is -0.362 e. The Hall–Kier alpha value is -1.14. The van der Waals surface area contributed by atoms with E-state index in [1.54, 1.807) is 0 Å². The summed E-state index contributed by atoms with van der Waals surface area (Å²) >= 11 is 0. The topological polar surface area (TPSA) is 36.4 Å². The molecule has 0 bridgehead atoms. The van der Waals surface area contributed by atoms with E-state index in [-0.39, 0.29) is 0 Å². The molecule has 0 aliphatic carbocycles. The predicted octanol–water partition coefficient (Wildman–Crippen LogP) is 2.98. The molecule has 2 nitrogen and oxygen atoms in total. The third kappa shape index (κ3) is 6.97. The van der Waals surface area contributed by atoms with Crippen LogP contribution < -0.4 is 0 Å². The zero-order valence-corrected chi connectivity index (χ0v) is 8.04. The van der Waals surface area contributed by atoms with Gasteiger partial charge in [0.25, 0.3) is 6.21 Å². The molecule has 0 aliphatic rings. The fourth-order valence-electron chi connectivity index (χ4n) is 0.832. The smallest absolute Gasteiger partial charge is 0.280 e. The van der Waals surface area contributed by atoms with Crippen LogP contribution in [0.4, 0.5) is 0 Å². The maximum Gasteiger partial charge on any atom is 0.280 e. The van der Waals surface area contributed by atoms with E-state index in [1.165, 1.54) is 17.4 Å². The lowest BCUT2D eigenvalue weighted by Gasteiger charge is -1.94. The molecule has 2 heteroatoms. The lowest BCUT2D eigenvalue weighted by Crippen LogP contribution is -1.78. The molecule has 0 aromatic heterocycles. The van der Waals surface area contributed by atoms with Crippen LogP contribution in [-0.2, 0) is 0 Å². The predicted molar refractivity (Wildman–Crippen MR) is 52.1 cm³/mol. The standard InChI is InChI=1S/C10H16N2/c1-9(2)5-4-6-10(3)7-8-12-11/h5,7-8H,4,6H2,1-3H3/b10-7+. The van der Waals surface area contributed by atoms with Crippen molar-refractivity contribution in [1.29, 1.82) is 0 Å². The highest BCUT2D eigenvalue weighted by molar-refractivity contribution is 5.66. The van der Waals surface area contributed by atoms with Gasteiger partial charge in [-0.2, -0.15) is 4.79 Å². The van der Waals surface area contributed by atoms with E-state index in [2.05, 4.69) is 24.7 Å². The molecular weight excluding hydrogens is 148 g/mol. The zero-order chi connectivity index (χ0) is 9.40. The third-order valence-electron chi connectivity index (χ3n) is 1.52. The van der Waals surface area contributed by atoms with Gasteiger partial charge in [0, 0.05) is 6.08 Å². The summed E-state index contributed by atoms with van der Waals surface area (Å²) in [6.45, 7) is 6.21. The summed E-state index contributed by atoms with van der Waals surface area (Å²) in [5, 5.41) is 0. The van der Waals surface area contributed by atoms with Gasteiger partial charge in [-0.3, -0.25) is 0 Å². The minimum atomic E-state index is 1.02. The fraction of sp³-hybridized carbons (Fsp3) is 0.500. The summed E-state index contributed by atoms with van der Waals surface area (Å²) < 4.78 is 0. The Bertz CT molecular complexity index is 226. The maximum atomic E-state index is 8.14. The molecule has 66 valence electrons. The van der Waals surface area contributed by atoms with Crippen molar-refractivity contribution in [3.63, 3.8) is 0 Å². The number of rotatable bonds is 4. The van der Waals surface area contributed by atoms with E-state index in [4.69, 9.17) is 5.53 Å². The van der Waals surface area contributed by atoms with Gasteiger partial charge in [-0.1, -0.05) is 17.2 Å². The Balaban J connectivity index is 3.78. The molecule has 0 spiro atoms. The van der Waals surface area contributed by atoms with Crippen LogP contribution in [-0.4, -0.2) is 11.0 Å². The molecule has 12 heavy (non-hydrogen) atoms. The number of nitrogens with zero attached hydrogens (tertiary/aromatic N) is 2. The Kier molecular flexibility index (Phi) is 5.94. The summed E-state index contributed by atoms with van der Waals surface area (Å²) in [7, 11) is 0. The van der Waals surface area contributed by atoms with Crippen LogP contribution in [0.2, 0.25) is 0 Å². The zero-order valence-electron chi connectivity index (χ0n) is 8.04. The van der Waals surface area contributed by atoms with Crippen LogP contribution in [0.15, 0.2) is 23.3 Å². The second-order valence-corrected chi connectivity index (χ2v) is 3.10. The quantitative estimate of drug-likeness (QED) is 0.265. The average molecular weight is 164 g/mol. The molecule has 0 aliphatic heterocycles. The van der Waals surface area contributed by atoms with Gasteiger partial charge in [-0.05, 0) is 33.6 Å². The van der Waals surface area contributed by atoms with E-state index >= 15 is 0 Å². The molecular formula is C10H16N2. The van der Waals surface area contributed by atoms with Gasteiger partial charge < -0.3 is 5.53 Å². The molecule has 0 saturated heterocycles. The van der Waals surface area contributed by atoms with Crippen molar-refractivity contribution in [1.82, 2.24) is 0 Å². The van der Waals surface area contributed by atoms with Crippen LogP contribution in [0.1, 0.15) is 33.6 Å². The fourth-order valence-corrected chi connectivity index (χ4v) is 0.832. The number of hydrogen-bond donors (Lipinski definition) is 0. The molecule has 0 radical (unpaired) electrons. The van der Waals surface area contributed by atoms with E-state index < -0.39 is 0 Å². The van der Waals surface area contributed by atoms with Crippen molar-refractivity contribution in [2.24, 2.45) is 0 Å². The van der Waals surface area contributed by atoms with E-state index in [0.29, 0.717) is 0 Å². The molecule has 0 fully saturated rings. The Morgan fingerprint density at radius 3 is 2.50 bits per heavy atom. The molecule has 0 aromatic carbocycles. The molecule has 0 amide bonds. The maximum absolute atomic E-state index is 8.14. The largest absolute Gasteiger partial charge is 0.362 e. The molecule has 0 unspecified atom stereocenters. The van der Waals surface area contributed by atoms with Crippen LogP contribution >= 0.6 is 0 Å². The molecule has 0 rings (SSSR count). The minimum absolute atomic E-state index is 1.02. The average Bonchev–Trinajstić information content (AvgIpc) is 2.00. The molecule has 0 saturated carbocycles. The van der Waals surface area contributed by atoms with E-state index in [1.807, 2.05) is 13.0 Å². The summed E-state index contributed by atoms with van der Waals surface area (Å²) in [5.74, 6) is 0. The molecule has 0 aromatic rings. The summed E-state index contributed by atoms with van der Waals surface area (Å²) in [4.78, 5) is 2.90. The molecule has 0 N–H and O–H groups in total. The van der Waals surface area contributed by atoms with Crippen LogP contribution in [0, 0.1) is 0 Å². The van der Waals surface area contributed by atoms with Gasteiger partial charge in [0.1, 0.15) is 0 Å². The van der Waals surface area contributed by atoms with Gasteiger partial charge in [0.05, 0.1) is 0 Å². The van der Waals surface area contributed by atoms with E-state index in [9.17, 15) is 0 Å². The highest BCUT2D eigenvalue weighted by Gasteiger charge is 1.87. The second-order valence-electron chi connectivity index (χ2n) is 3.10. The van der Waals surface area contributed by atoms with Gasteiger partial charge in [-0.25, -0.2) is 0 Å². The molecule has 0 atom stereocenters. The first-order valence-electron chi connectivity index (χ1n) is 4.13. The Morgan fingerprint density at radius 2 is 2.00 bits per heavy atom. The van der Waals surface area contributed by atoms with Crippen molar-refractivity contribution < 1.29 is 4.79 Å². The highest BCUT2D eigenvalue weighted by Crippen LogP contribution is 2.05. The third-order valence-corrected chi connectivity index (χ3v) is 1.52. The van der Waals surface area contributed by atoms with Gasteiger partial charge in [-0.15, -0.1) is 0 Å². The summed E-state index contributed by atoms with van der Waals surface area (Å²) in [5.41, 5.74) is 10.7. The first-order chi connectivity index (χ1) is 5.66. The van der Waals surface area contributed by atoms with Gasteiger partial charge >= 0.3 is 0 Å². The van der Waals surface area contributed by atoms with Crippen LogP contribution in [0.25, 0.3) is 5.53 Å². The Morgan fingerprint density at radius 1 is 1.33 bits per heavy atom. The van der Waals surface area contributed by atoms with Gasteiger partial charge in [0.2, 0.25) is 0 Å². The second kappa shape index (κ2) is 6.56. The molecule has 0 heterocycles. The van der Waals surface area contributed by atoms with Crippen molar-refractivity contribution in [3.05, 3.63) is 28.8 Å². The summed E-state index contributed by atoms with van der Waals surface area (Å²) in [6, 6.07) is 0. The van der Waals surface area contributed by atoms with Crippen molar-refractivity contribution >= 4 is 6.21 Å². The lowest BCUT2D eigenvalue weighted by molar-refractivity contribution is 0.00508. The first-order valence-corrected chi connectivity index (χ1v) is 4.13. The monoisotopic (exact) mass is 164 g/mol. The number of allylic oxidation sites excluding steroid dienone is 4. The van der Waals surface area contributed by atoms with Crippen LogP contribution in [0.3, 0.4) is 0 Å². The summed E-state index contributed by atoms with van der Waals surface area (Å²) in [6.07, 6.45) is 7.51. The number of hydrogen-bond acceptors (Lipinski definition) is 0. The Labute approximate surface area is 74.2 Å². The SMILES string of the molecule is CC(C)=CCC/C(C)=C/C=[N+]=[N-]. The van der Waals surface area contributed by atoms with Crippen molar-refractivity contribution in [2.45, 2.75) is 33.6 Å².